The van der Waals surface area contributed by atoms with Crippen molar-refractivity contribution in [2.75, 3.05) is 18.5 Å². The van der Waals surface area contributed by atoms with Crippen molar-refractivity contribution in [2.24, 2.45) is 0 Å². The number of anilines is 1. The Kier molecular flexibility index (Phi) is 3.20. The van der Waals surface area contributed by atoms with Crippen LogP contribution < -0.4 is 14.8 Å². The van der Waals surface area contributed by atoms with Gasteiger partial charge in [0.15, 0.2) is 11.5 Å². The van der Waals surface area contributed by atoms with E-state index in [0.717, 1.165) is 11.4 Å². The Morgan fingerprint density at radius 1 is 1.20 bits per heavy atom. The van der Waals surface area contributed by atoms with Crippen LogP contribution in [0.1, 0.15) is 16.1 Å². The Morgan fingerprint density at radius 2 is 2.00 bits per heavy atom. The molecule has 0 spiro atoms. The number of aromatic carboxylic acids is 1. The zero-order chi connectivity index (χ0) is 13.9. The molecule has 2 N–H and O–H groups in total. The highest BCUT2D eigenvalue weighted by molar-refractivity contribution is 5.86. The van der Waals surface area contributed by atoms with Crippen LogP contribution in [-0.2, 0) is 6.54 Å². The lowest BCUT2D eigenvalue weighted by atomic mass is 10.2. The first kappa shape index (κ1) is 12.4. The largest absolute Gasteiger partial charge is 0.486 e. The SMILES string of the molecule is O=C(O)c1occc1CNc1ccc2c(c1)OCCO2. The fraction of sp³-hybridized carbons (Fsp3) is 0.214. The first-order chi connectivity index (χ1) is 9.74. The van der Waals surface area contributed by atoms with Gasteiger partial charge in [0.1, 0.15) is 13.2 Å². The summed E-state index contributed by atoms with van der Waals surface area (Å²) >= 11 is 0. The maximum atomic E-state index is 10.9. The Bertz CT molecular complexity index is 634. The van der Waals surface area contributed by atoms with Crippen molar-refractivity contribution in [3.05, 3.63) is 41.9 Å². The molecule has 104 valence electrons. The van der Waals surface area contributed by atoms with Crippen molar-refractivity contribution < 1.29 is 23.8 Å². The second-order valence-corrected chi connectivity index (χ2v) is 4.29. The molecule has 0 amide bonds. The number of ether oxygens (including phenoxy) is 2. The summed E-state index contributed by atoms with van der Waals surface area (Å²) in [5, 5.41) is 12.1. The van der Waals surface area contributed by atoms with Gasteiger partial charge in [-0.25, -0.2) is 4.79 Å². The summed E-state index contributed by atoms with van der Waals surface area (Å²) in [6, 6.07) is 7.14. The van der Waals surface area contributed by atoms with Gasteiger partial charge in [0.2, 0.25) is 5.76 Å². The molecule has 0 unspecified atom stereocenters. The van der Waals surface area contributed by atoms with Crippen LogP contribution in [0.15, 0.2) is 34.9 Å². The van der Waals surface area contributed by atoms with Gasteiger partial charge in [-0.15, -0.1) is 0 Å². The molecule has 0 aliphatic carbocycles. The van der Waals surface area contributed by atoms with E-state index in [9.17, 15) is 4.79 Å². The molecule has 0 atom stereocenters. The third-order valence-electron chi connectivity index (χ3n) is 2.97. The number of hydrogen-bond donors (Lipinski definition) is 2. The number of carbonyl (C=O) groups is 1. The van der Waals surface area contributed by atoms with Crippen LogP contribution in [0.2, 0.25) is 0 Å². The van der Waals surface area contributed by atoms with Crippen LogP contribution in [0.5, 0.6) is 11.5 Å². The smallest absolute Gasteiger partial charge is 0.372 e. The summed E-state index contributed by atoms with van der Waals surface area (Å²) in [6.45, 7) is 1.44. The van der Waals surface area contributed by atoms with Crippen LogP contribution in [0.25, 0.3) is 0 Å². The number of carboxylic acid groups (broad SMARTS) is 1. The molecule has 0 saturated carbocycles. The van der Waals surface area contributed by atoms with Crippen LogP contribution in [0.4, 0.5) is 5.69 Å². The van der Waals surface area contributed by atoms with E-state index in [0.29, 0.717) is 31.1 Å². The zero-order valence-corrected chi connectivity index (χ0v) is 10.6. The van der Waals surface area contributed by atoms with E-state index in [4.69, 9.17) is 19.0 Å². The Labute approximate surface area is 114 Å². The van der Waals surface area contributed by atoms with E-state index in [-0.39, 0.29) is 5.76 Å². The third-order valence-corrected chi connectivity index (χ3v) is 2.97. The van der Waals surface area contributed by atoms with Crippen molar-refractivity contribution in [1.82, 2.24) is 0 Å². The van der Waals surface area contributed by atoms with Gasteiger partial charge in [-0.05, 0) is 18.2 Å². The molecular formula is C14H13NO5. The van der Waals surface area contributed by atoms with Gasteiger partial charge in [-0.3, -0.25) is 0 Å². The molecule has 3 rings (SSSR count). The third kappa shape index (κ3) is 2.40. The predicted octanol–water partition coefficient (Wildman–Crippen LogP) is 2.36. The molecule has 0 radical (unpaired) electrons. The maximum absolute atomic E-state index is 10.9. The van der Waals surface area contributed by atoms with Gasteiger partial charge in [0, 0.05) is 23.9 Å². The van der Waals surface area contributed by atoms with E-state index in [2.05, 4.69) is 5.32 Å². The van der Waals surface area contributed by atoms with Gasteiger partial charge < -0.3 is 24.3 Å². The molecule has 0 bridgehead atoms. The highest BCUT2D eigenvalue weighted by Gasteiger charge is 2.15. The molecule has 1 aromatic heterocycles. The van der Waals surface area contributed by atoms with Crippen molar-refractivity contribution in [3.63, 3.8) is 0 Å². The maximum Gasteiger partial charge on any atom is 0.372 e. The summed E-state index contributed by atoms with van der Waals surface area (Å²) < 4.78 is 15.8. The normalized spacial score (nSPS) is 13.0. The minimum absolute atomic E-state index is 0.0463. The molecule has 6 nitrogen and oxygen atoms in total. The highest BCUT2D eigenvalue weighted by atomic mass is 16.6. The van der Waals surface area contributed by atoms with Crippen LogP contribution >= 0.6 is 0 Å². The topological polar surface area (TPSA) is 80.9 Å². The number of fused-ring (bicyclic) bond motifs is 1. The van der Waals surface area contributed by atoms with Gasteiger partial charge in [-0.1, -0.05) is 0 Å². The molecule has 0 fully saturated rings. The van der Waals surface area contributed by atoms with Crippen LogP contribution in [0.3, 0.4) is 0 Å². The van der Waals surface area contributed by atoms with Crippen LogP contribution in [-0.4, -0.2) is 24.3 Å². The lowest BCUT2D eigenvalue weighted by Crippen LogP contribution is -2.15. The summed E-state index contributed by atoms with van der Waals surface area (Å²) in [5.74, 6) is 0.284. The van der Waals surface area contributed by atoms with E-state index in [1.54, 1.807) is 6.07 Å². The van der Waals surface area contributed by atoms with Crippen molar-refractivity contribution in [1.29, 1.82) is 0 Å². The number of carboxylic acids is 1. The molecule has 2 aromatic rings. The summed E-state index contributed by atoms with van der Waals surface area (Å²) in [7, 11) is 0. The second-order valence-electron chi connectivity index (χ2n) is 4.29. The second kappa shape index (κ2) is 5.16. The fourth-order valence-electron chi connectivity index (χ4n) is 2.01. The number of hydrogen-bond acceptors (Lipinski definition) is 5. The van der Waals surface area contributed by atoms with Gasteiger partial charge in [-0.2, -0.15) is 0 Å². The Hall–Kier alpha value is -2.63. The van der Waals surface area contributed by atoms with E-state index < -0.39 is 5.97 Å². The van der Waals surface area contributed by atoms with E-state index >= 15 is 0 Å². The van der Waals surface area contributed by atoms with E-state index in [1.165, 1.54) is 6.26 Å². The molecular weight excluding hydrogens is 262 g/mol. The molecule has 1 aliphatic heterocycles. The Balaban J connectivity index is 1.72. The minimum atomic E-state index is -1.08. The van der Waals surface area contributed by atoms with Gasteiger partial charge in [0.25, 0.3) is 0 Å². The van der Waals surface area contributed by atoms with E-state index in [1.807, 2.05) is 18.2 Å². The standard InChI is InChI=1S/C14H13NO5/c16-14(17)13-9(3-4-20-13)8-15-10-1-2-11-12(7-10)19-6-5-18-11/h1-4,7,15H,5-6,8H2,(H,16,17). The highest BCUT2D eigenvalue weighted by Crippen LogP contribution is 2.32. The van der Waals surface area contributed by atoms with Crippen LogP contribution in [0, 0.1) is 0 Å². The summed E-state index contributed by atoms with van der Waals surface area (Å²) in [4.78, 5) is 10.9. The van der Waals surface area contributed by atoms with Gasteiger partial charge in [0.05, 0.1) is 6.26 Å². The average molecular weight is 275 g/mol. The number of rotatable bonds is 4. The van der Waals surface area contributed by atoms with Crippen molar-refractivity contribution >= 4 is 11.7 Å². The van der Waals surface area contributed by atoms with Crippen molar-refractivity contribution in [2.45, 2.75) is 6.54 Å². The molecule has 2 heterocycles. The Morgan fingerprint density at radius 3 is 2.80 bits per heavy atom. The first-order valence-electron chi connectivity index (χ1n) is 6.17. The molecule has 6 heteroatoms. The summed E-state index contributed by atoms with van der Waals surface area (Å²) in [6.07, 6.45) is 1.37. The number of furan rings is 1. The quantitative estimate of drug-likeness (QED) is 0.891. The molecule has 1 aromatic carbocycles. The first-order valence-corrected chi connectivity index (χ1v) is 6.17. The molecule has 1 aliphatic rings. The fourth-order valence-corrected chi connectivity index (χ4v) is 2.01. The monoisotopic (exact) mass is 275 g/mol. The number of nitrogens with one attached hydrogen (secondary N) is 1. The minimum Gasteiger partial charge on any atom is -0.486 e. The predicted molar refractivity (Wildman–Crippen MR) is 70.4 cm³/mol. The zero-order valence-electron chi connectivity index (χ0n) is 10.6. The lowest BCUT2D eigenvalue weighted by Gasteiger charge is -2.19. The van der Waals surface area contributed by atoms with Gasteiger partial charge >= 0.3 is 5.97 Å². The average Bonchev–Trinajstić information content (AvgIpc) is 2.93. The molecule has 0 saturated heterocycles. The lowest BCUT2D eigenvalue weighted by molar-refractivity contribution is 0.0661. The molecule has 20 heavy (non-hydrogen) atoms. The van der Waals surface area contributed by atoms with Crippen molar-refractivity contribution in [3.8, 4) is 11.5 Å². The number of benzene rings is 1. The summed E-state index contributed by atoms with van der Waals surface area (Å²) in [5.41, 5.74) is 1.42.